The van der Waals surface area contributed by atoms with E-state index >= 15 is 0 Å². The van der Waals surface area contributed by atoms with Crippen molar-refractivity contribution in [2.24, 2.45) is 0 Å². The summed E-state index contributed by atoms with van der Waals surface area (Å²) in [6.45, 7) is 4.76. The molecule has 2 aromatic carbocycles. The molecular formula is C17H18N2O. The van der Waals surface area contributed by atoms with Crippen LogP contribution in [0.15, 0.2) is 36.4 Å². The summed E-state index contributed by atoms with van der Waals surface area (Å²) >= 11 is 0. The first-order valence-electron chi connectivity index (χ1n) is 6.84. The third-order valence-corrected chi connectivity index (χ3v) is 4.03. The molecule has 0 bridgehead atoms. The van der Waals surface area contributed by atoms with Crippen LogP contribution in [0.4, 0.5) is 11.4 Å². The zero-order valence-corrected chi connectivity index (χ0v) is 11.8. The lowest BCUT2D eigenvalue weighted by atomic mass is 9.97. The Morgan fingerprint density at radius 2 is 1.80 bits per heavy atom. The summed E-state index contributed by atoms with van der Waals surface area (Å²) in [7, 11) is 0. The number of hydrogen-bond donors (Lipinski definition) is 1. The van der Waals surface area contributed by atoms with Crippen molar-refractivity contribution in [2.75, 3.05) is 17.2 Å². The molecule has 0 spiro atoms. The molecule has 0 fully saturated rings. The first kappa shape index (κ1) is 12.7. The molecule has 2 N–H and O–H groups in total. The smallest absolute Gasteiger partial charge is 0.258 e. The van der Waals surface area contributed by atoms with Gasteiger partial charge < -0.3 is 10.6 Å². The van der Waals surface area contributed by atoms with E-state index in [0.717, 1.165) is 34.4 Å². The number of benzene rings is 2. The zero-order valence-electron chi connectivity index (χ0n) is 11.8. The highest BCUT2D eigenvalue weighted by atomic mass is 16.2. The van der Waals surface area contributed by atoms with E-state index in [-0.39, 0.29) is 5.91 Å². The first-order valence-corrected chi connectivity index (χ1v) is 6.84. The highest BCUT2D eigenvalue weighted by Gasteiger charge is 2.26. The Morgan fingerprint density at radius 1 is 1.10 bits per heavy atom. The minimum Gasteiger partial charge on any atom is -0.397 e. The van der Waals surface area contributed by atoms with Gasteiger partial charge in [-0.1, -0.05) is 18.2 Å². The van der Waals surface area contributed by atoms with E-state index in [2.05, 4.69) is 0 Å². The molecule has 0 radical (unpaired) electrons. The van der Waals surface area contributed by atoms with Gasteiger partial charge in [0.25, 0.3) is 5.91 Å². The standard InChI is InChI=1S/C17H18N2O/c1-11-9-15(18)16(10-12(11)2)19-8-7-13-5-3-4-6-14(13)17(19)20/h3-6,9-10H,7-8,18H2,1-2H3. The molecule has 20 heavy (non-hydrogen) atoms. The number of rotatable bonds is 1. The Bertz CT molecular complexity index is 691. The summed E-state index contributed by atoms with van der Waals surface area (Å²) in [6.07, 6.45) is 0.869. The third-order valence-electron chi connectivity index (χ3n) is 4.03. The van der Waals surface area contributed by atoms with Crippen LogP contribution >= 0.6 is 0 Å². The summed E-state index contributed by atoms with van der Waals surface area (Å²) in [5, 5.41) is 0. The molecule has 1 aliphatic rings. The van der Waals surface area contributed by atoms with Crippen LogP contribution < -0.4 is 10.6 Å². The molecule has 1 aliphatic heterocycles. The van der Waals surface area contributed by atoms with Crippen molar-refractivity contribution in [2.45, 2.75) is 20.3 Å². The van der Waals surface area contributed by atoms with Gasteiger partial charge in [-0.15, -0.1) is 0 Å². The van der Waals surface area contributed by atoms with Crippen molar-refractivity contribution in [3.63, 3.8) is 0 Å². The van der Waals surface area contributed by atoms with Gasteiger partial charge in [0.1, 0.15) is 0 Å². The van der Waals surface area contributed by atoms with Gasteiger partial charge in [-0.2, -0.15) is 0 Å². The van der Waals surface area contributed by atoms with Crippen molar-refractivity contribution in [1.82, 2.24) is 0 Å². The van der Waals surface area contributed by atoms with Crippen LogP contribution in [0, 0.1) is 13.8 Å². The molecule has 0 atom stereocenters. The summed E-state index contributed by atoms with van der Waals surface area (Å²) in [4.78, 5) is 14.4. The molecule has 0 saturated carbocycles. The van der Waals surface area contributed by atoms with Crippen molar-refractivity contribution >= 4 is 17.3 Å². The van der Waals surface area contributed by atoms with E-state index in [1.807, 2.05) is 50.2 Å². The Balaban J connectivity index is 2.05. The fourth-order valence-corrected chi connectivity index (χ4v) is 2.71. The van der Waals surface area contributed by atoms with Gasteiger partial charge in [0.05, 0.1) is 11.4 Å². The van der Waals surface area contributed by atoms with Gasteiger partial charge in [-0.25, -0.2) is 0 Å². The number of anilines is 2. The highest BCUT2D eigenvalue weighted by molar-refractivity contribution is 6.09. The molecule has 0 unspecified atom stereocenters. The largest absolute Gasteiger partial charge is 0.397 e. The second-order valence-electron chi connectivity index (χ2n) is 5.36. The van der Waals surface area contributed by atoms with Crippen LogP contribution in [0.5, 0.6) is 0 Å². The van der Waals surface area contributed by atoms with Gasteiger partial charge in [-0.05, 0) is 55.2 Å². The molecule has 0 aromatic heterocycles. The number of carbonyl (C=O) groups is 1. The molecule has 1 amide bonds. The summed E-state index contributed by atoms with van der Waals surface area (Å²) in [5.74, 6) is 0.0433. The van der Waals surface area contributed by atoms with Gasteiger partial charge >= 0.3 is 0 Å². The maximum Gasteiger partial charge on any atom is 0.258 e. The van der Waals surface area contributed by atoms with Crippen LogP contribution in [0.2, 0.25) is 0 Å². The fraction of sp³-hybridized carbons (Fsp3) is 0.235. The Kier molecular flexibility index (Phi) is 2.97. The van der Waals surface area contributed by atoms with E-state index in [4.69, 9.17) is 5.73 Å². The molecule has 3 rings (SSSR count). The number of aryl methyl sites for hydroxylation is 2. The highest BCUT2D eigenvalue weighted by Crippen LogP contribution is 2.31. The number of nitrogens with zero attached hydrogens (tertiary/aromatic N) is 1. The van der Waals surface area contributed by atoms with Crippen molar-refractivity contribution in [3.8, 4) is 0 Å². The van der Waals surface area contributed by atoms with Crippen LogP contribution in [0.1, 0.15) is 27.0 Å². The first-order chi connectivity index (χ1) is 9.58. The Hall–Kier alpha value is -2.29. The lowest BCUT2D eigenvalue weighted by Gasteiger charge is -2.30. The van der Waals surface area contributed by atoms with Gasteiger partial charge in [0.15, 0.2) is 0 Å². The molecule has 1 heterocycles. The molecule has 0 saturated heterocycles. The maximum absolute atomic E-state index is 12.6. The maximum atomic E-state index is 12.6. The van der Waals surface area contributed by atoms with Gasteiger partial charge in [0.2, 0.25) is 0 Å². The average Bonchev–Trinajstić information content (AvgIpc) is 2.44. The molecule has 2 aromatic rings. The predicted molar refractivity (Wildman–Crippen MR) is 82.2 cm³/mol. The number of amides is 1. The van der Waals surface area contributed by atoms with Gasteiger partial charge in [-0.3, -0.25) is 4.79 Å². The summed E-state index contributed by atoms with van der Waals surface area (Å²) in [5.41, 5.74) is 11.8. The van der Waals surface area contributed by atoms with Crippen LogP contribution in [0.3, 0.4) is 0 Å². The number of nitrogens with two attached hydrogens (primary N) is 1. The fourth-order valence-electron chi connectivity index (χ4n) is 2.71. The second kappa shape index (κ2) is 4.67. The molecule has 3 nitrogen and oxygen atoms in total. The minimum atomic E-state index is 0.0433. The van der Waals surface area contributed by atoms with E-state index < -0.39 is 0 Å². The normalized spacial score (nSPS) is 14.3. The van der Waals surface area contributed by atoms with Crippen molar-refractivity contribution in [1.29, 1.82) is 0 Å². The van der Waals surface area contributed by atoms with Gasteiger partial charge in [0, 0.05) is 12.1 Å². The summed E-state index contributed by atoms with van der Waals surface area (Å²) in [6, 6.07) is 11.8. The van der Waals surface area contributed by atoms with E-state index in [1.165, 1.54) is 0 Å². The Morgan fingerprint density at radius 3 is 2.60 bits per heavy atom. The lowest BCUT2D eigenvalue weighted by Crippen LogP contribution is -2.38. The molecule has 102 valence electrons. The van der Waals surface area contributed by atoms with Crippen LogP contribution in [-0.4, -0.2) is 12.5 Å². The Labute approximate surface area is 119 Å². The second-order valence-corrected chi connectivity index (χ2v) is 5.36. The topological polar surface area (TPSA) is 46.3 Å². The lowest BCUT2D eigenvalue weighted by molar-refractivity contribution is 0.0981. The minimum absolute atomic E-state index is 0.0433. The van der Waals surface area contributed by atoms with E-state index in [9.17, 15) is 4.79 Å². The van der Waals surface area contributed by atoms with Crippen molar-refractivity contribution in [3.05, 3.63) is 58.7 Å². The monoisotopic (exact) mass is 266 g/mol. The van der Waals surface area contributed by atoms with E-state index in [1.54, 1.807) is 4.90 Å². The quantitative estimate of drug-likeness (QED) is 0.806. The van der Waals surface area contributed by atoms with Crippen LogP contribution in [0.25, 0.3) is 0 Å². The zero-order chi connectivity index (χ0) is 14.3. The molecular weight excluding hydrogens is 248 g/mol. The average molecular weight is 266 g/mol. The van der Waals surface area contributed by atoms with Crippen molar-refractivity contribution < 1.29 is 4.79 Å². The number of fused-ring (bicyclic) bond motifs is 1. The predicted octanol–water partition coefficient (Wildman–Crippen LogP) is 3.09. The van der Waals surface area contributed by atoms with Crippen LogP contribution in [-0.2, 0) is 6.42 Å². The third kappa shape index (κ3) is 1.95. The number of carbonyl (C=O) groups excluding carboxylic acids is 1. The molecule has 3 heteroatoms. The van der Waals surface area contributed by atoms with E-state index in [0.29, 0.717) is 12.2 Å². The number of hydrogen-bond acceptors (Lipinski definition) is 2. The SMILES string of the molecule is Cc1cc(N)c(N2CCc3ccccc3C2=O)cc1C. The summed E-state index contributed by atoms with van der Waals surface area (Å²) < 4.78 is 0. The number of nitrogen functional groups attached to an aromatic ring is 1. The molecule has 0 aliphatic carbocycles.